The predicted octanol–water partition coefficient (Wildman–Crippen LogP) is 5.16. The van der Waals surface area contributed by atoms with E-state index in [1.165, 1.54) is 5.56 Å². The fraction of sp³-hybridized carbons (Fsp3) is 0.286. The fourth-order valence-electron chi connectivity index (χ4n) is 3.26. The van der Waals surface area contributed by atoms with Crippen molar-refractivity contribution in [3.63, 3.8) is 0 Å². The van der Waals surface area contributed by atoms with Gasteiger partial charge in [-0.2, -0.15) is 0 Å². The fourth-order valence-corrected chi connectivity index (χ4v) is 3.69. The second-order valence-electron chi connectivity index (χ2n) is 6.55. The third-order valence-corrected chi connectivity index (χ3v) is 5.03. The summed E-state index contributed by atoms with van der Waals surface area (Å²) in [4.78, 5) is 20.2. The average molecular weight is 363 g/mol. The highest BCUT2D eigenvalue weighted by Gasteiger charge is 2.43. The lowest BCUT2D eigenvalue weighted by Crippen LogP contribution is -2.35. The first-order chi connectivity index (χ1) is 12.5. The Morgan fingerprint density at radius 2 is 1.77 bits per heavy atom. The summed E-state index contributed by atoms with van der Waals surface area (Å²) in [7, 11) is 0. The number of nitrogens with zero attached hydrogens (tertiary/aromatic N) is 3. The van der Waals surface area contributed by atoms with E-state index in [-0.39, 0.29) is 11.9 Å². The topological polar surface area (TPSA) is 27.9 Å². The van der Waals surface area contributed by atoms with Crippen LogP contribution in [-0.2, 0) is 4.79 Å². The Balaban J connectivity index is 2.04. The number of benzene rings is 2. The molecule has 0 saturated carbocycles. The minimum absolute atomic E-state index is 0.00705. The number of aryl methyl sites for hydroxylation is 2. The van der Waals surface area contributed by atoms with Gasteiger partial charge in [0.15, 0.2) is 10.8 Å². The number of anilines is 2. The van der Waals surface area contributed by atoms with E-state index >= 15 is 0 Å². The summed E-state index contributed by atoms with van der Waals surface area (Å²) in [6.45, 7) is 13.2. The van der Waals surface area contributed by atoms with E-state index in [0.717, 1.165) is 29.8 Å². The van der Waals surface area contributed by atoms with Gasteiger partial charge in [0.2, 0.25) is 0 Å². The third kappa shape index (κ3) is 3.09. The van der Waals surface area contributed by atoms with Crippen molar-refractivity contribution in [2.24, 2.45) is 0 Å². The SMILES string of the molecule is [C-]#[N+]c1ccc(N2C(=O)C(CCC)N(c3ccc(C)cc3)C2=S)cc1C. The Kier molecular flexibility index (Phi) is 5.06. The molecule has 132 valence electrons. The summed E-state index contributed by atoms with van der Waals surface area (Å²) in [5.74, 6) is -0.00705. The molecule has 1 unspecified atom stereocenters. The van der Waals surface area contributed by atoms with Crippen LogP contribution in [0.15, 0.2) is 42.5 Å². The average Bonchev–Trinajstić information content (AvgIpc) is 2.86. The molecule has 1 aliphatic heterocycles. The zero-order valence-corrected chi connectivity index (χ0v) is 16.0. The Morgan fingerprint density at radius 1 is 1.12 bits per heavy atom. The van der Waals surface area contributed by atoms with Crippen molar-refractivity contribution in [1.82, 2.24) is 0 Å². The van der Waals surface area contributed by atoms with Crippen LogP contribution in [0.25, 0.3) is 4.85 Å². The first-order valence-corrected chi connectivity index (χ1v) is 9.10. The van der Waals surface area contributed by atoms with Gasteiger partial charge in [-0.3, -0.25) is 9.69 Å². The minimum Gasteiger partial charge on any atom is -0.306 e. The molecule has 0 bridgehead atoms. The second-order valence-corrected chi connectivity index (χ2v) is 6.91. The lowest BCUT2D eigenvalue weighted by Gasteiger charge is -2.24. The van der Waals surface area contributed by atoms with Gasteiger partial charge in [-0.15, -0.1) is 0 Å². The van der Waals surface area contributed by atoms with E-state index in [0.29, 0.717) is 10.8 Å². The summed E-state index contributed by atoms with van der Waals surface area (Å²) in [5, 5.41) is 0.493. The van der Waals surface area contributed by atoms with E-state index in [4.69, 9.17) is 18.8 Å². The molecule has 1 atom stereocenters. The lowest BCUT2D eigenvalue weighted by atomic mass is 10.1. The van der Waals surface area contributed by atoms with Crippen LogP contribution in [0.4, 0.5) is 17.1 Å². The van der Waals surface area contributed by atoms with Crippen LogP contribution in [0, 0.1) is 20.4 Å². The molecule has 3 rings (SSSR count). The van der Waals surface area contributed by atoms with Gasteiger partial charge in [-0.05, 0) is 62.3 Å². The summed E-state index contributed by atoms with van der Waals surface area (Å²) in [6.07, 6.45) is 1.63. The van der Waals surface area contributed by atoms with Gasteiger partial charge in [0.05, 0.1) is 6.57 Å². The minimum atomic E-state index is -0.295. The van der Waals surface area contributed by atoms with Gasteiger partial charge >= 0.3 is 0 Å². The van der Waals surface area contributed by atoms with Crippen molar-refractivity contribution in [3.05, 3.63) is 65.0 Å². The molecule has 0 aromatic heterocycles. The van der Waals surface area contributed by atoms with Crippen LogP contribution in [-0.4, -0.2) is 17.1 Å². The summed E-state index contributed by atoms with van der Waals surface area (Å²) in [6, 6.07) is 13.2. The van der Waals surface area contributed by atoms with Crippen molar-refractivity contribution in [1.29, 1.82) is 0 Å². The number of hydrogen-bond donors (Lipinski definition) is 0. The van der Waals surface area contributed by atoms with Crippen LogP contribution in [0.5, 0.6) is 0 Å². The van der Waals surface area contributed by atoms with E-state index in [9.17, 15) is 4.79 Å². The summed E-state index contributed by atoms with van der Waals surface area (Å²) in [5.41, 5.74) is 4.25. The van der Waals surface area contributed by atoms with Crippen LogP contribution in [0.3, 0.4) is 0 Å². The van der Waals surface area contributed by atoms with Gasteiger partial charge < -0.3 is 4.90 Å². The molecule has 1 amide bonds. The Bertz CT molecular complexity index is 898. The molecule has 1 fully saturated rings. The Morgan fingerprint density at radius 3 is 2.35 bits per heavy atom. The largest absolute Gasteiger partial charge is 0.306 e. The van der Waals surface area contributed by atoms with Crippen molar-refractivity contribution in [2.75, 3.05) is 9.80 Å². The predicted molar refractivity (Wildman–Crippen MR) is 110 cm³/mol. The van der Waals surface area contributed by atoms with Crippen LogP contribution >= 0.6 is 12.2 Å². The molecule has 26 heavy (non-hydrogen) atoms. The molecule has 0 N–H and O–H groups in total. The Hall–Kier alpha value is -2.71. The molecule has 0 aliphatic carbocycles. The number of amides is 1. The molecule has 5 heteroatoms. The number of hydrogen-bond acceptors (Lipinski definition) is 2. The van der Waals surface area contributed by atoms with Crippen molar-refractivity contribution < 1.29 is 4.79 Å². The van der Waals surface area contributed by atoms with Crippen LogP contribution in [0.1, 0.15) is 30.9 Å². The van der Waals surface area contributed by atoms with Crippen LogP contribution < -0.4 is 9.80 Å². The van der Waals surface area contributed by atoms with Gasteiger partial charge in [0, 0.05) is 11.4 Å². The Labute approximate surface area is 159 Å². The first kappa shape index (κ1) is 18.1. The van der Waals surface area contributed by atoms with Gasteiger partial charge in [-0.1, -0.05) is 37.1 Å². The molecular weight excluding hydrogens is 342 g/mol. The molecular formula is C21H21N3OS. The monoisotopic (exact) mass is 363 g/mol. The third-order valence-electron chi connectivity index (χ3n) is 4.65. The van der Waals surface area contributed by atoms with E-state index in [1.807, 2.05) is 49.1 Å². The normalized spacial score (nSPS) is 16.9. The molecule has 0 spiro atoms. The van der Waals surface area contributed by atoms with Crippen molar-refractivity contribution in [2.45, 2.75) is 39.7 Å². The number of carbonyl (C=O) groups excluding carboxylic acids is 1. The molecule has 1 aliphatic rings. The maximum Gasteiger partial charge on any atom is 0.256 e. The van der Waals surface area contributed by atoms with Gasteiger partial charge in [0.25, 0.3) is 5.91 Å². The van der Waals surface area contributed by atoms with Crippen molar-refractivity contribution in [3.8, 4) is 0 Å². The van der Waals surface area contributed by atoms with E-state index in [2.05, 4.69) is 11.8 Å². The molecule has 0 radical (unpaired) electrons. The summed E-state index contributed by atoms with van der Waals surface area (Å²) < 4.78 is 0. The molecule has 2 aromatic rings. The standard InChI is InChI=1S/C21H21N3OS/c1-5-6-19-20(25)24(17-11-12-18(22-4)15(3)13-17)21(26)23(19)16-9-7-14(2)8-10-16/h7-13,19H,5-6H2,1-3H3. The number of carbonyl (C=O) groups is 1. The molecule has 1 heterocycles. The van der Waals surface area contributed by atoms with Gasteiger partial charge in [0.1, 0.15) is 6.04 Å². The van der Waals surface area contributed by atoms with Crippen LogP contribution in [0.2, 0.25) is 0 Å². The second kappa shape index (κ2) is 7.27. The number of thiocarbonyl (C=S) groups is 1. The van der Waals surface area contributed by atoms with E-state index < -0.39 is 0 Å². The quantitative estimate of drug-likeness (QED) is 0.555. The highest BCUT2D eigenvalue weighted by Crippen LogP contribution is 2.34. The lowest BCUT2D eigenvalue weighted by molar-refractivity contribution is -0.118. The molecule has 2 aromatic carbocycles. The van der Waals surface area contributed by atoms with E-state index in [1.54, 1.807) is 17.0 Å². The maximum atomic E-state index is 13.2. The number of rotatable bonds is 4. The van der Waals surface area contributed by atoms with Gasteiger partial charge in [-0.25, -0.2) is 4.85 Å². The van der Waals surface area contributed by atoms with Crippen molar-refractivity contribution >= 4 is 40.3 Å². The first-order valence-electron chi connectivity index (χ1n) is 8.70. The zero-order chi connectivity index (χ0) is 18.8. The summed E-state index contributed by atoms with van der Waals surface area (Å²) >= 11 is 5.70. The molecule has 1 saturated heterocycles. The smallest absolute Gasteiger partial charge is 0.256 e. The maximum absolute atomic E-state index is 13.2. The highest BCUT2D eigenvalue weighted by atomic mass is 32.1. The zero-order valence-electron chi connectivity index (χ0n) is 15.2. The molecule has 4 nitrogen and oxygen atoms in total. The highest BCUT2D eigenvalue weighted by molar-refractivity contribution is 7.81.